The molecule has 0 fully saturated rings. The van der Waals surface area contributed by atoms with Gasteiger partial charge in [-0.2, -0.15) is 0 Å². The van der Waals surface area contributed by atoms with Crippen molar-refractivity contribution >= 4 is 15.0 Å². The van der Waals surface area contributed by atoms with Gasteiger partial charge in [0.05, 0.1) is 0 Å². The monoisotopic (exact) mass is 164 g/mol. The SMILES string of the molecule is C[NH][Ge]([NH]C)[NH]C. The van der Waals surface area contributed by atoms with Crippen molar-refractivity contribution in [3.05, 3.63) is 0 Å². The van der Waals surface area contributed by atoms with Crippen LogP contribution in [-0.4, -0.2) is 36.2 Å². The molecule has 43 valence electrons. The van der Waals surface area contributed by atoms with Gasteiger partial charge < -0.3 is 0 Å². The molecule has 0 amide bonds. The zero-order valence-corrected chi connectivity index (χ0v) is 7.10. The third kappa shape index (κ3) is 3.05. The van der Waals surface area contributed by atoms with E-state index in [1.54, 1.807) is 0 Å². The Morgan fingerprint density at radius 2 is 1.14 bits per heavy atom. The van der Waals surface area contributed by atoms with Crippen molar-refractivity contribution in [2.45, 2.75) is 0 Å². The second-order valence-electron chi connectivity index (χ2n) is 1.12. The molecule has 0 heterocycles. The molecule has 0 aromatic rings. The van der Waals surface area contributed by atoms with E-state index in [-0.39, 0.29) is 0 Å². The van der Waals surface area contributed by atoms with Crippen LogP contribution in [0.5, 0.6) is 0 Å². The minimum atomic E-state index is -1.15. The molecule has 0 aromatic carbocycles. The summed E-state index contributed by atoms with van der Waals surface area (Å²) in [6.45, 7) is 0. The summed E-state index contributed by atoms with van der Waals surface area (Å²) >= 11 is -1.15. The van der Waals surface area contributed by atoms with Crippen LogP contribution in [0.4, 0.5) is 0 Å². The zero-order valence-electron chi connectivity index (χ0n) is 5.00. The molecule has 0 atom stereocenters. The van der Waals surface area contributed by atoms with Gasteiger partial charge in [0.15, 0.2) is 0 Å². The molecule has 0 aliphatic heterocycles. The van der Waals surface area contributed by atoms with E-state index in [1.807, 2.05) is 21.1 Å². The Labute approximate surface area is 49.6 Å². The Morgan fingerprint density at radius 3 is 1.14 bits per heavy atom. The maximum absolute atomic E-state index is 3.15. The van der Waals surface area contributed by atoms with Crippen LogP contribution >= 0.6 is 0 Å². The van der Waals surface area contributed by atoms with Crippen molar-refractivity contribution in [3.8, 4) is 0 Å². The predicted octanol–water partition coefficient (Wildman–Crippen LogP) is -1.37. The van der Waals surface area contributed by atoms with Crippen LogP contribution in [-0.2, 0) is 0 Å². The number of rotatable bonds is 3. The predicted molar refractivity (Wildman–Crippen MR) is 32.9 cm³/mol. The average molecular weight is 163 g/mol. The maximum atomic E-state index is 3.15. The van der Waals surface area contributed by atoms with Crippen LogP contribution in [0.15, 0.2) is 0 Å². The van der Waals surface area contributed by atoms with E-state index in [1.165, 1.54) is 0 Å². The van der Waals surface area contributed by atoms with Gasteiger partial charge in [-0.05, 0) is 0 Å². The van der Waals surface area contributed by atoms with Gasteiger partial charge in [-0.25, -0.2) is 0 Å². The van der Waals surface area contributed by atoms with E-state index in [2.05, 4.69) is 12.8 Å². The van der Waals surface area contributed by atoms with E-state index in [0.29, 0.717) is 0 Å². The molecule has 7 heavy (non-hydrogen) atoms. The van der Waals surface area contributed by atoms with Crippen LogP contribution in [0.3, 0.4) is 0 Å². The van der Waals surface area contributed by atoms with Gasteiger partial charge in [-0.1, -0.05) is 0 Å². The molecule has 0 aromatic heterocycles. The summed E-state index contributed by atoms with van der Waals surface area (Å²) in [6.07, 6.45) is 0. The molecule has 0 bridgehead atoms. The van der Waals surface area contributed by atoms with Crippen LogP contribution in [0.1, 0.15) is 0 Å². The van der Waals surface area contributed by atoms with Gasteiger partial charge in [0.1, 0.15) is 0 Å². The van der Waals surface area contributed by atoms with E-state index < -0.39 is 15.0 Å². The molecular weight excluding hydrogens is 151 g/mol. The summed E-state index contributed by atoms with van der Waals surface area (Å²) in [5.74, 6) is 0. The van der Waals surface area contributed by atoms with E-state index >= 15 is 0 Å². The van der Waals surface area contributed by atoms with Crippen molar-refractivity contribution in [1.82, 2.24) is 12.8 Å². The summed E-state index contributed by atoms with van der Waals surface area (Å²) in [7, 11) is 5.88. The van der Waals surface area contributed by atoms with Crippen LogP contribution in [0.25, 0.3) is 0 Å². The van der Waals surface area contributed by atoms with E-state index in [4.69, 9.17) is 0 Å². The van der Waals surface area contributed by atoms with Gasteiger partial charge in [0.2, 0.25) is 0 Å². The topological polar surface area (TPSA) is 36.1 Å². The van der Waals surface area contributed by atoms with Crippen LogP contribution in [0.2, 0.25) is 0 Å². The molecule has 3 N–H and O–H groups in total. The van der Waals surface area contributed by atoms with Gasteiger partial charge in [-0.15, -0.1) is 0 Å². The molecule has 0 aliphatic carbocycles. The third-order valence-corrected chi connectivity index (χ3v) is 3.90. The zero-order chi connectivity index (χ0) is 5.70. The Morgan fingerprint density at radius 1 is 0.857 bits per heavy atom. The minimum absolute atomic E-state index is 1.15. The Hall–Kier alpha value is 0.423. The summed E-state index contributed by atoms with van der Waals surface area (Å²) in [5, 5.41) is 0. The van der Waals surface area contributed by atoms with Crippen LogP contribution in [0, 0.1) is 0 Å². The molecule has 0 saturated heterocycles. The standard InChI is InChI=1S/C3H12GeN3/c1-5-4(6-2)7-3/h5-7H,1-3H3. The summed E-state index contributed by atoms with van der Waals surface area (Å²) < 4.78 is 9.44. The Balaban J connectivity index is 2.99. The van der Waals surface area contributed by atoms with Crippen molar-refractivity contribution in [2.75, 3.05) is 21.1 Å². The number of hydrogen-bond donors (Lipinski definition) is 3. The fourth-order valence-electron chi connectivity index (χ4n) is 0.375. The second-order valence-corrected chi connectivity index (χ2v) is 5.85. The quantitative estimate of drug-likeness (QED) is 0.449. The first-order valence-corrected chi connectivity index (χ1v) is 5.40. The summed E-state index contributed by atoms with van der Waals surface area (Å²) in [6, 6.07) is 0. The first kappa shape index (κ1) is 7.42. The van der Waals surface area contributed by atoms with Gasteiger partial charge in [0.25, 0.3) is 0 Å². The normalized spacial score (nSPS) is 10.3. The molecule has 3 nitrogen and oxygen atoms in total. The van der Waals surface area contributed by atoms with Crippen molar-refractivity contribution in [3.63, 3.8) is 0 Å². The van der Waals surface area contributed by atoms with Gasteiger partial charge >= 0.3 is 49.0 Å². The van der Waals surface area contributed by atoms with Crippen molar-refractivity contribution < 1.29 is 0 Å². The van der Waals surface area contributed by atoms with Crippen molar-refractivity contribution in [2.24, 2.45) is 0 Å². The molecule has 0 unspecified atom stereocenters. The first-order valence-electron chi connectivity index (χ1n) is 2.25. The molecule has 0 aliphatic rings. The Bertz CT molecular complexity index is 31.7. The average Bonchev–Trinajstić information content (AvgIpc) is 1.72. The third-order valence-electron chi connectivity index (χ3n) is 0.750. The summed E-state index contributed by atoms with van der Waals surface area (Å²) in [4.78, 5) is 0. The summed E-state index contributed by atoms with van der Waals surface area (Å²) in [5.41, 5.74) is 0. The molecule has 0 spiro atoms. The molecule has 4 heteroatoms. The van der Waals surface area contributed by atoms with Crippen LogP contribution < -0.4 is 12.8 Å². The number of nitrogens with one attached hydrogen (secondary N) is 3. The van der Waals surface area contributed by atoms with Gasteiger partial charge in [-0.3, -0.25) is 0 Å². The fourth-order valence-corrected chi connectivity index (χ4v) is 1.95. The van der Waals surface area contributed by atoms with E-state index in [0.717, 1.165) is 0 Å². The fraction of sp³-hybridized carbons (Fsp3) is 1.00. The van der Waals surface area contributed by atoms with E-state index in [9.17, 15) is 0 Å². The second kappa shape index (κ2) is 4.58. The Kier molecular flexibility index (Phi) is 4.86. The van der Waals surface area contributed by atoms with Crippen molar-refractivity contribution in [1.29, 1.82) is 0 Å². The first-order chi connectivity index (χ1) is 3.35. The molecule has 0 rings (SSSR count). The van der Waals surface area contributed by atoms with Gasteiger partial charge in [0, 0.05) is 0 Å². The molecular formula is C3H12GeN3. The number of hydrogen-bond acceptors (Lipinski definition) is 3. The molecule has 0 saturated carbocycles. The molecule has 1 radical (unpaired) electrons.